The average Bonchev–Trinajstić information content (AvgIpc) is 2.28. The molecule has 1 aromatic carbocycles. The highest BCUT2D eigenvalue weighted by Gasteiger charge is 2.43. The van der Waals surface area contributed by atoms with E-state index in [9.17, 15) is 0 Å². The largest absolute Gasteiger partial charge is 0.313 e. The van der Waals surface area contributed by atoms with Crippen LogP contribution in [0, 0.1) is 0 Å². The van der Waals surface area contributed by atoms with Crippen molar-refractivity contribution in [3.8, 4) is 0 Å². The Kier molecular flexibility index (Phi) is 3.65. The summed E-state index contributed by atoms with van der Waals surface area (Å²) in [4.78, 5) is 0. The van der Waals surface area contributed by atoms with E-state index in [0.717, 1.165) is 6.54 Å². The zero-order chi connectivity index (χ0) is 11.4. The Morgan fingerprint density at radius 2 is 1.88 bits per heavy atom. The molecule has 1 atom stereocenters. The summed E-state index contributed by atoms with van der Waals surface area (Å²) in [7, 11) is 0. The SMILES string of the molecule is CCNC(CC)C1(c2ccccc2)CCC1. The van der Waals surface area contributed by atoms with Gasteiger partial charge in [0.25, 0.3) is 0 Å². The second-order valence-corrected chi connectivity index (χ2v) is 4.89. The molecule has 1 fully saturated rings. The molecular weight excluding hydrogens is 194 g/mol. The molecule has 0 aromatic heterocycles. The number of benzene rings is 1. The van der Waals surface area contributed by atoms with E-state index < -0.39 is 0 Å². The summed E-state index contributed by atoms with van der Waals surface area (Å²) in [5, 5.41) is 3.67. The lowest BCUT2D eigenvalue weighted by Gasteiger charge is -2.48. The van der Waals surface area contributed by atoms with Gasteiger partial charge >= 0.3 is 0 Å². The van der Waals surface area contributed by atoms with Crippen molar-refractivity contribution in [3.63, 3.8) is 0 Å². The van der Waals surface area contributed by atoms with Gasteiger partial charge in [-0.3, -0.25) is 0 Å². The Labute approximate surface area is 99.3 Å². The standard InChI is InChI=1S/C15H23N/c1-3-14(16-4-2)15(11-8-12-15)13-9-6-5-7-10-13/h5-7,9-10,14,16H,3-4,8,11-12H2,1-2H3. The average molecular weight is 217 g/mol. The molecule has 1 heteroatoms. The third-order valence-electron chi connectivity index (χ3n) is 4.12. The van der Waals surface area contributed by atoms with E-state index >= 15 is 0 Å². The maximum atomic E-state index is 3.67. The maximum absolute atomic E-state index is 3.67. The fourth-order valence-electron chi connectivity index (χ4n) is 3.14. The summed E-state index contributed by atoms with van der Waals surface area (Å²) >= 11 is 0. The van der Waals surface area contributed by atoms with Crippen LogP contribution in [0.2, 0.25) is 0 Å². The molecule has 0 aliphatic heterocycles. The molecule has 0 spiro atoms. The topological polar surface area (TPSA) is 12.0 Å². The molecule has 0 heterocycles. The predicted octanol–water partition coefficient (Wildman–Crippen LogP) is 3.50. The van der Waals surface area contributed by atoms with Crippen LogP contribution in [-0.2, 0) is 5.41 Å². The van der Waals surface area contributed by atoms with Gasteiger partial charge in [0.05, 0.1) is 0 Å². The Balaban J connectivity index is 2.25. The zero-order valence-electron chi connectivity index (χ0n) is 10.5. The van der Waals surface area contributed by atoms with E-state index in [4.69, 9.17) is 0 Å². The third-order valence-corrected chi connectivity index (χ3v) is 4.12. The van der Waals surface area contributed by atoms with Gasteiger partial charge in [-0.05, 0) is 31.4 Å². The van der Waals surface area contributed by atoms with Crippen molar-refractivity contribution in [2.45, 2.75) is 51.0 Å². The molecule has 1 saturated carbocycles. The van der Waals surface area contributed by atoms with Crippen LogP contribution in [0.25, 0.3) is 0 Å². The van der Waals surface area contributed by atoms with Crippen molar-refractivity contribution in [1.82, 2.24) is 5.32 Å². The van der Waals surface area contributed by atoms with Crippen molar-refractivity contribution in [2.24, 2.45) is 0 Å². The monoisotopic (exact) mass is 217 g/mol. The lowest BCUT2D eigenvalue weighted by molar-refractivity contribution is 0.166. The minimum absolute atomic E-state index is 0.423. The van der Waals surface area contributed by atoms with Crippen LogP contribution in [0.1, 0.15) is 45.1 Å². The number of hydrogen-bond donors (Lipinski definition) is 1. The lowest BCUT2D eigenvalue weighted by Crippen LogP contribution is -2.52. The van der Waals surface area contributed by atoms with Gasteiger partial charge in [0.2, 0.25) is 0 Å². The summed E-state index contributed by atoms with van der Waals surface area (Å²) in [5.74, 6) is 0. The first-order chi connectivity index (χ1) is 7.83. The zero-order valence-corrected chi connectivity index (χ0v) is 10.5. The van der Waals surface area contributed by atoms with Crippen molar-refractivity contribution in [3.05, 3.63) is 35.9 Å². The first kappa shape index (κ1) is 11.7. The number of likely N-dealkylation sites (N-methyl/N-ethyl adjacent to an activating group) is 1. The van der Waals surface area contributed by atoms with Gasteiger partial charge in [0.1, 0.15) is 0 Å². The van der Waals surface area contributed by atoms with E-state index in [1.165, 1.54) is 31.2 Å². The van der Waals surface area contributed by atoms with Gasteiger partial charge < -0.3 is 5.32 Å². The number of rotatable bonds is 5. The molecule has 1 aromatic rings. The highest BCUT2D eigenvalue weighted by atomic mass is 14.9. The molecule has 1 nitrogen and oxygen atoms in total. The summed E-state index contributed by atoms with van der Waals surface area (Å²) in [6.07, 6.45) is 5.31. The van der Waals surface area contributed by atoms with Gasteiger partial charge in [0.15, 0.2) is 0 Å². The second-order valence-electron chi connectivity index (χ2n) is 4.89. The van der Waals surface area contributed by atoms with Crippen molar-refractivity contribution >= 4 is 0 Å². The Morgan fingerprint density at radius 1 is 1.19 bits per heavy atom. The van der Waals surface area contributed by atoms with Crippen LogP contribution in [-0.4, -0.2) is 12.6 Å². The molecule has 16 heavy (non-hydrogen) atoms. The van der Waals surface area contributed by atoms with E-state index in [1.54, 1.807) is 0 Å². The maximum Gasteiger partial charge on any atom is 0.0161 e. The van der Waals surface area contributed by atoms with Crippen molar-refractivity contribution < 1.29 is 0 Å². The molecular formula is C15H23N. The molecule has 1 aliphatic rings. The minimum atomic E-state index is 0.423. The molecule has 0 radical (unpaired) electrons. The summed E-state index contributed by atoms with van der Waals surface area (Å²) in [5.41, 5.74) is 1.96. The fraction of sp³-hybridized carbons (Fsp3) is 0.600. The van der Waals surface area contributed by atoms with Crippen LogP contribution in [0.3, 0.4) is 0 Å². The van der Waals surface area contributed by atoms with Crippen LogP contribution in [0.5, 0.6) is 0 Å². The van der Waals surface area contributed by atoms with Crippen LogP contribution >= 0.6 is 0 Å². The molecule has 0 amide bonds. The van der Waals surface area contributed by atoms with E-state index in [0.29, 0.717) is 11.5 Å². The summed E-state index contributed by atoms with van der Waals surface area (Å²) in [6, 6.07) is 11.7. The highest BCUT2D eigenvalue weighted by molar-refractivity contribution is 5.30. The Morgan fingerprint density at radius 3 is 2.31 bits per heavy atom. The predicted molar refractivity (Wildman–Crippen MR) is 69.7 cm³/mol. The molecule has 1 N–H and O–H groups in total. The van der Waals surface area contributed by atoms with E-state index in [1.807, 2.05) is 0 Å². The second kappa shape index (κ2) is 5.01. The first-order valence-electron chi connectivity index (χ1n) is 6.62. The smallest absolute Gasteiger partial charge is 0.0161 e. The fourth-order valence-corrected chi connectivity index (χ4v) is 3.14. The number of hydrogen-bond acceptors (Lipinski definition) is 1. The van der Waals surface area contributed by atoms with Crippen LogP contribution in [0.4, 0.5) is 0 Å². The molecule has 1 aliphatic carbocycles. The molecule has 0 saturated heterocycles. The van der Waals surface area contributed by atoms with E-state index in [-0.39, 0.29) is 0 Å². The van der Waals surface area contributed by atoms with Gasteiger partial charge in [0, 0.05) is 11.5 Å². The van der Waals surface area contributed by atoms with Crippen molar-refractivity contribution in [2.75, 3.05) is 6.54 Å². The quantitative estimate of drug-likeness (QED) is 0.796. The highest BCUT2D eigenvalue weighted by Crippen LogP contribution is 2.47. The number of nitrogens with one attached hydrogen (secondary N) is 1. The molecule has 0 bridgehead atoms. The molecule has 1 unspecified atom stereocenters. The van der Waals surface area contributed by atoms with Crippen LogP contribution in [0.15, 0.2) is 30.3 Å². The van der Waals surface area contributed by atoms with Gasteiger partial charge in [-0.2, -0.15) is 0 Å². The third kappa shape index (κ3) is 1.89. The van der Waals surface area contributed by atoms with E-state index in [2.05, 4.69) is 49.5 Å². The van der Waals surface area contributed by atoms with Gasteiger partial charge in [-0.25, -0.2) is 0 Å². The van der Waals surface area contributed by atoms with Gasteiger partial charge in [-0.15, -0.1) is 0 Å². The minimum Gasteiger partial charge on any atom is -0.313 e. The molecule has 88 valence electrons. The normalized spacial score (nSPS) is 20.1. The molecule has 2 rings (SSSR count). The van der Waals surface area contributed by atoms with Crippen LogP contribution < -0.4 is 5.32 Å². The Bertz CT molecular complexity index is 313. The summed E-state index contributed by atoms with van der Waals surface area (Å²) in [6.45, 7) is 5.59. The lowest BCUT2D eigenvalue weighted by atomic mass is 9.59. The Hall–Kier alpha value is -0.820. The van der Waals surface area contributed by atoms with Crippen molar-refractivity contribution in [1.29, 1.82) is 0 Å². The summed E-state index contributed by atoms with van der Waals surface area (Å²) < 4.78 is 0. The van der Waals surface area contributed by atoms with Gasteiger partial charge in [-0.1, -0.05) is 50.6 Å². The first-order valence-corrected chi connectivity index (χ1v) is 6.62.